The third-order valence-electron chi connectivity index (χ3n) is 12.3. The van der Waals surface area contributed by atoms with Crippen molar-refractivity contribution in [3.63, 3.8) is 0 Å². The van der Waals surface area contributed by atoms with E-state index in [1.807, 2.05) is 11.3 Å². The van der Waals surface area contributed by atoms with Crippen LogP contribution in [0.25, 0.3) is 64.7 Å². The molecule has 0 atom stereocenters. The van der Waals surface area contributed by atoms with Crippen LogP contribution in [0.2, 0.25) is 0 Å². The first-order valence-corrected chi connectivity index (χ1v) is 20.5. The van der Waals surface area contributed by atoms with E-state index in [0.717, 1.165) is 11.4 Å². The Kier molecular flexibility index (Phi) is 7.08. The van der Waals surface area contributed by atoms with Gasteiger partial charge in [-0.1, -0.05) is 170 Å². The molecule has 1 spiro atoms. The van der Waals surface area contributed by atoms with Gasteiger partial charge in [-0.05, 0) is 104 Å². The van der Waals surface area contributed by atoms with Crippen molar-refractivity contribution in [2.75, 3.05) is 4.90 Å². The summed E-state index contributed by atoms with van der Waals surface area (Å²) in [5.74, 6) is 0. The van der Waals surface area contributed by atoms with Crippen molar-refractivity contribution in [2.24, 2.45) is 0 Å². The molecule has 266 valence electrons. The third kappa shape index (κ3) is 4.68. The third-order valence-corrected chi connectivity index (χ3v) is 13.4. The van der Waals surface area contributed by atoms with E-state index < -0.39 is 5.41 Å². The van der Waals surface area contributed by atoms with Crippen LogP contribution in [-0.4, -0.2) is 0 Å². The number of hydrogen-bond acceptors (Lipinski definition) is 2. The average molecular weight is 742 g/mol. The highest BCUT2D eigenvalue weighted by Gasteiger charge is 2.52. The van der Waals surface area contributed by atoms with Crippen molar-refractivity contribution in [1.29, 1.82) is 0 Å². The second-order valence-electron chi connectivity index (χ2n) is 15.2. The van der Waals surface area contributed by atoms with Crippen LogP contribution in [0.15, 0.2) is 212 Å². The van der Waals surface area contributed by atoms with Gasteiger partial charge in [0.1, 0.15) is 0 Å². The predicted molar refractivity (Wildman–Crippen MR) is 241 cm³/mol. The summed E-state index contributed by atoms with van der Waals surface area (Å²) in [5, 5.41) is 2.64. The van der Waals surface area contributed by atoms with Gasteiger partial charge in [-0.15, -0.1) is 11.3 Å². The molecule has 1 aromatic heterocycles. The van der Waals surface area contributed by atoms with Gasteiger partial charge in [0, 0.05) is 37.1 Å². The molecule has 57 heavy (non-hydrogen) atoms. The maximum Gasteiger partial charge on any atom is 0.0726 e. The molecule has 0 bridgehead atoms. The molecule has 2 aliphatic carbocycles. The summed E-state index contributed by atoms with van der Waals surface area (Å²) < 4.78 is 2.64. The number of nitrogens with zero attached hydrogens (tertiary/aromatic N) is 1. The SMILES string of the molecule is c1ccc(-c2ccc(N(c3cccc(-c4ccc5c(c4)sc4ccccc45)c3)c3cccc4c3-c3ccccc3C43c4ccccc4-c4ccccc43)cc2)cc1. The molecule has 12 rings (SSSR count). The largest absolute Gasteiger partial charge is 0.310 e. The van der Waals surface area contributed by atoms with Crippen LogP contribution < -0.4 is 4.90 Å². The van der Waals surface area contributed by atoms with Crippen LogP contribution in [0, 0.1) is 0 Å². The van der Waals surface area contributed by atoms with E-state index >= 15 is 0 Å². The molecule has 0 amide bonds. The van der Waals surface area contributed by atoms with Gasteiger partial charge in [0.05, 0.1) is 11.1 Å². The predicted octanol–water partition coefficient (Wildman–Crippen LogP) is 15.2. The normalized spacial score (nSPS) is 13.1. The number of benzene rings is 9. The molecule has 1 heterocycles. The first kappa shape index (κ1) is 32.3. The first-order valence-electron chi connectivity index (χ1n) is 19.7. The van der Waals surface area contributed by atoms with Crippen LogP contribution in [-0.2, 0) is 5.41 Å². The lowest BCUT2D eigenvalue weighted by atomic mass is 9.70. The Morgan fingerprint density at radius 3 is 1.65 bits per heavy atom. The molecular weight excluding hydrogens is 707 g/mol. The molecule has 0 saturated heterocycles. The molecule has 0 unspecified atom stereocenters. The number of rotatable bonds is 5. The highest BCUT2D eigenvalue weighted by Crippen LogP contribution is 2.64. The second kappa shape index (κ2) is 12.5. The molecule has 0 radical (unpaired) electrons. The Hall–Kier alpha value is -7.00. The smallest absolute Gasteiger partial charge is 0.0726 e. The van der Waals surface area contributed by atoms with Gasteiger partial charge in [-0.25, -0.2) is 0 Å². The highest BCUT2D eigenvalue weighted by atomic mass is 32.1. The van der Waals surface area contributed by atoms with Gasteiger partial charge in [0.2, 0.25) is 0 Å². The fourth-order valence-electron chi connectivity index (χ4n) is 9.90. The summed E-state index contributed by atoms with van der Waals surface area (Å²) in [7, 11) is 0. The number of anilines is 3. The van der Waals surface area contributed by atoms with E-state index in [1.54, 1.807) is 0 Å². The van der Waals surface area contributed by atoms with Crippen LogP contribution in [0.3, 0.4) is 0 Å². The van der Waals surface area contributed by atoms with Crippen LogP contribution in [0.5, 0.6) is 0 Å². The van der Waals surface area contributed by atoms with E-state index in [-0.39, 0.29) is 0 Å². The van der Waals surface area contributed by atoms with Gasteiger partial charge in [-0.2, -0.15) is 0 Å². The van der Waals surface area contributed by atoms with Gasteiger partial charge in [-0.3, -0.25) is 0 Å². The maximum atomic E-state index is 2.48. The quantitative estimate of drug-likeness (QED) is 0.170. The zero-order valence-corrected chi connectivity index (χ0v) is 31.9. The van der Waals surface area contributed by atoms with Gasteiger partial charge in [0.25, 0.3) is 0 Å². The molecule has 9 aromatic carbocycles. The Bertz CT molecular complexity index is 3140. The zero-order chi connectivity index (χ0) is 37.5. The monoisotopic (exact) mass is 741 g/mol. The minimum atomic E-state index is -0.417. The standard InChI is InChI=1S/C55H35NS/c1-2-14-36(15-3-1)37-28-31-40(32-29-37)56(41-17-12-16-38(34-41)39-30-33-45-44-20-7-11-27-52(44)57-53(45)35-39)51-26-13-25-50-54(51)46-21-6-10-24-49(46)55(50)47-22-8-4-18-42(47)43-19-5-9-23-48(43)55/h1-35H. The van der Waals surface area contributed by atoms with E-state index in [2.05, 4.69) is 217 Å². The molecule has 0 fully saturated rings. The maximum absolute atomic E-state index is 2.48. The summed E-state index contributed by atoms with van der Waals surface area (Å²) >= 11 is 1.87. The van der Waals surface area contributed by atoms with Gasteiger partial charge in [0.15, 0.2) is 0 Å². The van der Waals surface area contributed by atoms with Crippen LogP contribution >= 0.6 is 11.3 Å². The Balaban J connectivity index is 1.09. The van der Waals surface area contributed by atoms with Gasteiger partial charge >= 0.3 is 0 Å². The second-order valence-corrected chi connectivity index (χ2v) is 16.3. The average Bonchev–Trinajstić information content (AvgIpc) is 3.91. The molecule has 2 aliphatic rings. The molecule has 0 N–H and O–H groups in total. The van der Waals surface area contributed by atoms with E-state index in [9.17, 15) is 0 Å². The van der Waals surface area contributed by atoms with E-state index in [1.165, 1.54) is 92.6 Å². The summed E-state index contributed by atoms with van der Waals surface area (Å²) in [4.78, 5) is 2.48. The highest BCUT2D eigenvalue weighted by molar-refractivity contribution is 7.25. The fourth-order valence-corrected chi connectivity index (χ4v) is 11.0. The molecule has 10 aromatic rings. The van der Waals surface area contributed by atoms with Crippen molar-refractivity contribution < 1.29 is 0 Å². The lowest BCUT2D eigenvalue weighted by molar-refractivity contribution is 0.794. The fraction of sp³-hybridized carbons (Fsp3) is 0.0182. The van der Waals surface area contributed by atoms with E-state index in [4.69, 9.17) is 0 Å². The lowest BCUT2D eigenvalue weighted by Gasteiger charge is -2.32. The summed E-state index contributed by atoms with van der Waals surface area (Å²) in [6.45, 7) is 0. The molecule has 0 saturated carbocycles. The van der Waals surface area contributed by atoms with Crippen molar-refractivity contribution in [2.45, 2.75) is 5.41 Å². The van der Waals surface area contributed by atoms with Crippen molar-refractivity contribution in [3.05, 3.63) is 235 Å². The molecular formula is C55H35NS. The minimum Gasteiger partial charge on any atom is -0.310 e. The number of fused-ring (bicyclic) bond motifs is 13. The summed E-state index contributed by atoms with van der Waals surface area (Å²) in [6, 6.07) is 78.7. The van der Waals surface area contributed by atoms with Crippen LogP contribution in [0.1, 0.15) is 22.3 Å². The molecule has 1 nitrogen and oxygen atoms in total. The molecule has 2 heteroatoms. The van der Waals surface area contributed by atoms with Crippen molar-refractivity contribution >= 4 is 48.6 Å². The van der Waals surface area contributed by atoms with Crippen molar-refractivity contribution in [3.8, 4) is 44.5 Å². The summed E-state index contributed by atoms with van der Waals surface area (Å²) in [5.41, 5.74) is 18.4. The number of hydrogen-bond donors (Lipinski definition) is 0. The Labute approximate surface area is 336 Å². The van der Waals surface area contributed by atoms with Crippen LogP contribution in [0.4, 0.5) is 17.1 Å². The molecule has 0 aliphatic heterocycles. The first-order chi connectivity index (χ1) is 28.3. The Morgan fingerprint density at radius 1 is 0.333 bits per heavy atom. The summed E-state index contributed by atoms with van der Waals surface area (Å²) in [6.07, 6.45) is 0. The van der Waals surface area contributed by atoms with E-state index in [0.29, 0.717) is 0 Å². The zero-order valence-electron chi connectivity index (χ0n) is 31.1. The topological polar surface area (TPSA) is 3.24 Å². The van der Waals surface area contributed by atoms with Crippen molar-refractivity contribution in [1.82, 2.24) is 0 Å². The number of thiophene rings is 1. The Morgan fingerprint density at radius 2 is 0.877 bits per heavy atom. The lowest BCUT2D eigenvalue weighted by Crippen LogP contribution is -2.26. The van der Waals surface area contributed by atoms with Gasteiger partial charge < -0.3 is 4.90 Å². The minimum absolute atomic E-state index is 0.417.